The Morgan fingerprint density at radius 3 is 2.79 bits per heavy atom. The highest BCUT2D eigenvalue weighted by Crippen LogP contribution is 2.36. The number of carbonyl (C=O) groups is 1. The van der Waals surface area contributed by atoms with Crippen LogP contribution in [0.1, 0.15) is 19.3 Å². The minimum absolute atomic E-state index is 0.00185. The van der Waals surface area contributed by atoms with E-state index in [2.05, 4.69) is 10.6 Å². The molecule has 1 aromatic carbocycles. The number of anilines is 2. The highest BCUT2D eigenvalue weighted by Gasteiger charge is 2.33. The summed E-state index contributed by atoms with van der Waals surface area (Å²) in [5.74, 6) is 0.648. The third-order valence-electron chi connectivity index (χ3n) is 4.05. The van der Waals surface area contributed by atoms with E-state index in [4.69, 9.17) is 5.73 Å². The Hall–Kier alpha value is -1.75. The van der Waals surface area contributed by atoms with Crippen LogP contribution < -0.4 is 21.3 Å². The van der Waals surface area contributed by atoms with Gasteiger partial charge in [-0.3, -0.25) is 4.90 Å². The van der Waals surface area contributed by atoms with E-state index in [0.29, 0.717) is 5.92 Å². The van der Waals surface area contributed by atoms with Gasteiger partial charge in [0.05, 0.1) is 11.4 Å². The Bertz CT molecular complexity index is 470. The summed E-state index contributed by atoms with van der Waals surface area (Å²) in [6, 6.07) is 7.46. The topological polar surface area (TPSA) is 70.4 Å². The van der Waals surface area contributed by atoms with Crippen molar-refractivity contribution in [3.63, 3.8) is 0 Å². The Morgan fingerprint density at radius 2 is 2.05 bits per heavy atom. The molecule has 0 radical (unpaired) electrons. The number of nitrogens with one attached hydrogen (secondary N) is 2. The van der Waals surface area contributed by atoms with Crippen molar-refractivity contribution in [1.82, 2.24) is 5.32 Å². The minimum atomic E-state index is -0.378. The lowest BCUT2D eigenvalue weighted by Gasteiger charge is -2.29. The van der Waals surface area contributed by atoms with Crippen molar-refractivity contribution < 1.29 is 4.79 Å². The number of carbonyl (C=O) groups excluding carboxylic acids is 1. The van der Waals surface area contributed by atoms with E-state index < -0.39 is 0 Å². The Morgan fingerprint density at radius 1 is 1.32 bits per heavy atom. The van der Waals surface area contributed by atoms with Gasteiger partial charge in [0.1, 0.15) is 6.17 Å². The van der Waals surface area contributed by atoms with Gasteiger partial charge in [-0.15, -0.1) is 0 Å². The van der Waals surface area contributed by atoms with E-state index in [1.54, 1.807) is 4.90 Å². The summed E-state index contributed by atoms with van der Waals surface area (Å²) in [6.45, 7) is 2.14. The molecule has 1 saturated heterocycles. The molecule has 5 nitrogen and oxygen atoms in total. The number of para-hydroxylation sites is 2. The average Bonchev–Trinajstić information content (AvgIpc) is 2.77. The molecule has 1 fully saturated rings. The maximum absolute atomic E-state index is 11.7. The smallest absolute Gasteiger partial charge is 0.321 e. The van der Waals surface area contributed by atoms with Crippen molar-refractivity contribution in [2.75, 3.05) is 23.3 Å². The van der Waals surface area contributed by atoms with E-state index in [1.807, 2.05) is 24.3 Å². The highest BCUT2D eigenvalue weighted by molar-refractivity contribution is 5.98. The molecule has 0 saturated carbocycles. The zero-order chi connectivity index (χ0) is 13.2. The largest absolute Gasteiger partial charge is 0.363 e. The molecule has 1 atom stereocenters. The highest BCUT2D eigenvalue weighted by atomic mass is 16.2. The molecule has 0 spiro atoms. The van der Waals surface area contributed by atoms with Gasteiger partial charge >= 0.3 is 6.03 Å². The normalized spacial score (nSPS) is 22.9. The zero-order valence-corrected chi connectivity index (χ0v) is 10.9. The first-order chi connectivity index (χ1) is 9.25. The summed E-state index contributed by atoms with van der Waals surface area (Å²) in [6.07, 6.45) is 3.29. The molecule has 4 N–H and O–H groups in total. The second kappa shape index (κ2) is 5.09. The number of rotatable bonds is 2. The molecule has 2 aliphatic rings. The maximum atomic E-state index is 11.7. The van der Waals surface area contributed by atoms with Crippen molar-refractivity contribution in [3.05, 3.63) is 24.3 Å². The van der Waals surface area contributed by atoms with Gasteiger partial charge in [-0.1, -0.05) is 12.1 Å². The maximum Gasteiger partial charge on any atom is 0.321 e. The lowest BCUT2D eigenvalue weighted by atomic mass is 9.93. The number of urea groups is 1. The Labute approximate surface area is 113 Å². The van der Waals surface area contributed by atoms with E-state index in [9.17, 15) is 4.79 Å². The number of nitrogens with two attached hydrogens (primary N) is 1. The molecule has 0 aromatic heterocycles. The van der Waals surface area contributed by atoms with Gasteiger partial charge < -0.3 is 16.4 Å². The quantitative estimate of drug-likeness (QED) is 0.758. The molecule has 0 aliphatic carbocycles. The van der Waals surface area contributed by atoms with E-state index in [0.717, 1.165) is 30.9 Å². The molecule has 102 valence electrons. The number of hydrogen-bond acceptors (Lipinski definition) is 3. The molecular weight excluding hydrogens is 240 g/mol. The molecule has 0 bridgehead atoms. The Kier molecular flexibility index (Phi) is 3.29. The fourth-order valence-corrected chi connectivity index (χ4v) is 3.09. The van der Waals surface area contributed by atoms with Crippen LogP contribution in [0, 0.1) is 5.92 Å². The summed E-state index contributed by atoms with van der Waals surface area (Å²) in [5, 5.41) is 6.78. The number of primary amides is 1. The summed E-state index contributed by atoms with van der Waals surface area (Å²) < 4.78 is 0. The fourth-order valence-electron chi connectivity index (χ4n) is 3.09. The van der Waals surface area contributed by atoms with Crippen molar-refractivity contribution in [2.45, 2.75) is 25.4 Å². The van der Waals surface area contributed by atoms with Gasteiger partial charge in [0.2, 0.25) is 0 Å². The molecular formula is C14H20N4O. The first-order valence-electron chi connectivity index (χ1n) is 6.90. The lowest BCUT2D eigenvalue weighted by molar-refractivity contribution is 0.250. The van der Waals surface area contributed by atoms with Gasteiger partial charge in [0.15, 0.2) is 0 Å². The fraction of sp³-hybridized carbons (Fsp3) is 0.500. The molecule has 2 heterocycles. The zero-order valence-electron chi connectivity index (χ0n) is 10.9. The predicted molar refractivity (Wildman–Crippen MR) is 76.1 cm³/mol. The SMILES string of the molecule is NC(=O)N1c2ccccc2NC1CC1CCNCC1. The second-order valence-electron chi connectivity index (χ2n) is 5.31. The average molecular weight is 260 g/mol. The third-order valence-corrected chi connectivity index (χ3v) is 4.05. The molecule has 2 aliphatic heterocycles. The number of fused-ring (bicyclic) bond motifs is 1. The first-order valence-corrected chi connectivity index (χ1v) is 6.90. The van der Waals surface area contributed by atoms with Crippen molar-refractivity contribution in [1.29, 1.82) is 0 Å². The van der Waals surface area contributed by atoms with Crippen LogP contribution >= 0.6 is 0 Å². The summed E-state index contributed by atoms with van der Waals surface area (Å²) in [7, 11) is 0. The Balaban J connectivity index is 1.77. The van der Waals surface area contributed by atoms with E-state index >= 15 is 0 Å². The van der Waals surface area contributed by atoms with Gasteiger partial charge in [-0.25, -0.2) is 4.79 Å². The van der Waals surface area contributed by atoms with Crippen LogP contribution in [0.25, 0.3) is 0 Å². The standard InChI is InChI=1S/C14H20N4O/c15-14(19)18-12-4-2-1-3-11(12)17-13(18)9-10-5-7-16-8-6-10/h1-4,10,13,16-17H,5-9H2,(H2,15,19). The predicted octanol–water partition coefficient (Wildman–Crippen LogP) is 1.71. The molecule has 2 amide bonds. The number of amides is 2. The second-order valence-corrected chi connectivity index (χ2v) is 5.31. The van der Waals surface area contributed by atoms with Crippen LogP contribution in [0.5, 0.6) is 0 Å². The number of benzene rings is 1. The number of hydrogen-bond donors (Lipinski definition) is 3. The van der Waals surface area contributed by atoms with E-state index in [-0.39, 0.29) is 12.2 Å². The van der Waals surface area contributed by atoms with Crippen LogP contribution in [0.4, 0.5) is 16.2 Å². The monoisotopic (exact) mass is 260 g/mol. The van der Waals surface area contributed by atoms with Gasteiger partial charge in [-0.05, 0) is 50.4 Å². The molecule has 3 rings (SSSR count). The first kappa shape index (κ1) is 12.3. The van der Waals surface area contributed by atoms with E-state index in [1.165, 1.54) is 12.8 Å². The minimum Gasteiger partial charge on any atom is -0.363 e. The number of piperidine rings is 1. The summed E-state index contributed by atoms with van der Waals surface area (Å²) in [5.41, 5.74) is 7.44. The van der Waals surface area contributed by atoms with Crippen molar-refractivity contribution in [2.24, 2.45) is 11.7 Å². The third kappa shape index (κ3) is 2.38. The van der Waals surface area contributed by atoms with Crippen LogP contribution in [-0.4, -0.2) is 25.3 Å². The van der Waals surface area contributed by atoms with Crippen molar-refractivity contribution in [3.8, 4) is 0 Å². The summed E-state index contributed by atoms with van der Waals surface area (Å²) in [4.78, 5) is 13.4. The summed E-state index contributed by atoms with van der Waals surface area (Å²) >= 11 is 0. The van der Waals surface area contributed by atoms with Gasteiger partial charge in [0.25, 0.3) is 0 Å². The van der Waals surface area contributed by atoms with Crippen molar-refractivity contribution >= 4 is 17.4 Å². The van der Waals surface area contributed by atoms with Crippen LogP contribution in [-0.2, 0) is 0 Å². The van der Waals surface area contributed by atoms with Gasteiger partial charge in [0, 0.05) is 0 Å². The van der Waals surface area contributed by atoms with Crippen LogP contribution in [0.15, 0.2) is 24.3 Å². The van der Waals surface area contributed by atoms with Gasteiger partial charge in [-0.2, -0.15) is 0 Å². The number of nitrogens with zero attached hydrogens (tertiary/aromatic N) is 1. The molecule has 1 unspecified atom stereocenters. The molecule has 19 heavy (non-hydrogen) atoms. The van der Waals surface area contributed by atoms with Crippen LogP contribution in [0.2, 0.25) is 0 Å². The molecule has 5 heteroatoms. The lowest BCUT2D eigenvalue weighted by Crippen LogP contribution is -2.45. The molecule has 1 aromatic rings. The van der Waals surface area contributed by atoms with Crippen LogP contribution in [0.3, 0.4) is 0 Å².